The maximum atomic E-state index is 13.1. The number of imide groups is 2. The molecule has 8 rings (SSSR count). The number of carbonyl (C=O) groups excluding carboxylic acids is 4. The first-order valence-electron chi connectivity index (χ1n) is 14.6. The first-order chi connectivity index (χ1) is 20.4. The van der Waals surface area contributed by atoms with Gasteiger partial charge in [-0.2, -0.15) is 5.10 Å². The Morgan fingerprint density at radius 3 is 2.62 bits per heavy atom. The Labute approximate surface area is 240 Å². The van der Waals surface area contributed by atoms with Crippen LogP contribution in [0.3, 0.4) is 0 Å². The van der Waals surface area contributed by atoms with Gasteiger partial charge in [0.05, 0.1) is 28.6 Å². The number of nitrogens with one attached hydrogen (secondary N) is 2. The minimum absolute atomic E-state index is 0.0984. The molecule has 1 unspecified atom stereocenters. The van der Waals surface area contributed by atoms with Crippen LogP contribution >= 0.6 is 0 Å². The van der Waals surface area contributed by atoms with Gasteiger partial charge in [0.25, 0.3) is 11.8 Å². The van der Waals surface area contributed by atoms with Crippen molar-refractivity contribution in [3.63, 3.8) is 0 Å². The summed E-state index contributed by atoms with van der Waals surface area (Å²) in [6.07, 6.45) is 10.7. The normalized spacial score (nSPS) is 23.7. The van der Waals surface area contributed by atoms with Gasteiger partial charge < -0.3 is 5.32 Å². The summed E-state index contributed by atoms with van der Waals surface area (Å²) in [6.45, 7) is 0.740. The first-order valence-corrected chi connectivity index (χ1v) is 14.6. The third kappa shape index (κ3) is 4.02. The monoisotopic (exact) mass is 563 g/mol. The Morgan fingerprint density at radius 2 is 1.81 bits per heavy atom. The van der Waals surface area contributed by atoms with E-state index in [9.17, 15) is 19.2 Å². The predicted molar refractivity (Wildman–Crippen MR) is 152 cm³/mol. The fraction of sp³-hybridized carbons (Fsp3) is 0.355. The van der Waals surface area contributed by atoms with Crippen molar-refractivity contribution < 1.29 is 19.2 Å². The summed E-state index contributed by atoms with van der Waals surface area (Å²) in [6, 6.07) is 10.6. The highest BCUT2D eigenvalue weighted by Crippen LogP contribution is 2.44. The van der Waals surface area contributed by atoms with Crippen molar-refractivity contribution in [2.45, 2.75) is 56.5 Å². The number of piperidine rings is 1. The smallest absolute Gasteiger partial charge is 0.262 e. The molecule has 42 heavy (non-hydrogen) atoms. The Hall–Kier alpha value is -4.80. The number of anilines is 1. The van der Waals surface area contributed by atoms with Gasteiger partial charge in [0.2, 0.25) is 11.8 Å². The standard InChI is InChI=1S/C31H29N7O4/c39-26-8-7-24(29(40)34-26)38-30(41)22-6-5-20(14-23(22)31(38)42)33-15-17-12-21(13-17)37-16-25(27(35-37)18-3-4-18)36-11-9-19-2-1-10-32-28(19)36/h1-2,5-6,9-11,14,16-18,21,24,33H,3-4,7-8,12-13,15H2,(H,34,39,40)/t17-,21-,24?. The number of pyridine rings is 1. The number of carbonyl (C=O) groups is 4. The summed E-state index contributed by atoms with van der Waals surface area (Å²) in [5.74, 6) is -1.02. The Morgan fingerprint density at radius 1 is 0.976 bits per heavy atom. The molecule has 3 fully saturated rings. The number of hydrogen-bond donors (Lipinski definition) is 2. The summed E-state index contributed by atoms with van der Waals surface area (Å²) < 4.78 is 4.29. The average molecular weight is 564 g/mol. The second kappa shape index (κ2) is 9.37. The van der Waals surface area contributed by atoms with Gasteiger partial charge in [-0.05, 0) is 74.4 Å². The van der Waals surface area contributed by atoms with Gasteiger partial charge in [0.15, 0.2) is 0 Å². The molecule has 2 aliphatic carbocycles. The number of aromatic nitrogens is 4. The van der Waals surface area contributed by atoms with E-state index in [0.29, 0.717) is 17.9 Å². The van der Waals surface area contributed by atoms with E-state index in [0.717, 1.165) is 52.4 Å². The Bertz CT molecular complexity index is 1800. The first kappa shape index (κ1) is 25.0. The van der Waals surface area contributed by atoms with Crippen LogP contribution in [0.25, 0.3) is 16.7 Å². The molecular weight excluding hydrogens is 534 g/mol. The van der Waals surface area contributed by atoms with Gasteiger partial charge >= 0.3 is 0 Å². The summed E-state index contributed by atoms with van der Waals surface area (Å²) in [5.41, 5.74) is 4.55. The molecule has 1 aromatic carbocycles. The highest BCUT2D eigenvalue weighted by atomic mass is 16.2. The molecule has 1 atom stereocenters. The lowest BCUT2D eigenvalue weighted by molar-refractivity contribution is -0.136. The third-order valence-corrected chi connectivity index (χ3v) is 9.03. The van der Waals surface area contributed by atoms with E-state index in [-0.39, 0.29) is 29.9 Å². The number of fused-ring (bicyclic) bond motifs is 2. The SMILES string of the molecule is O=C1CCC(N2C(=O)c3ccc(NC[C@H]4C[C@H](n5cc(-n6ccc7cccnc76)c(C6CC6)n5)C4)cc3C2=O)C(=O)N1. The van der Waals surface area contributed by atoms with Crippen LogP contribution in [0.4, 0.5) is 5.69 Å². The van der Waals surface area contributed by atoms with Gasteiger partial charge in [-0.15, -0.1) is 0 Å². The van der Waals surface area contributed by atoms with Gasteiger partial charge in [0, 0.05) is 48.5 Å². The van der Waals surface area contributed by atoms with Crippen molar-refractivity contribution in [1.82, 2.24) is 29.5 Å². The minimum Gasteiger partial charge on any atom is -0.385 e. The molecule has 1 saturated heterocycles. The van der Waals surface area contributed by atoms with Crippen molar-refractivity contribution in [2.24, 2.45) is 5.92 Å². The highest BCUT2D eigenvalue weighted by Gasteiger charge is 2.44. The topological polar surface area (TPSA) is 131 Å². The summed E-state index contributed by atoms with van der Waals surface area (Å²) in [7, 11) is 0. The van der Waals surface area contributed by atoms with Crippen LogP contribution < -0.4 is 10.6 Å². The number of rotatable bonds is 7. The predicted octanol–water partition coefficient (Wildman–Crippen LogP) is 3.56. The molecule has 11 nitrogen and oxygen atoms in total. The zero-order chi connectivity index (χ0) is 28.5. The van der Waals surface area contributed by atoms with E-state index in [1.165, 1.54) is 12.8 Å². The molecular formula is C31H29N7O4. The zero-order valence-electron chi connectivity index (χ0n) is 22.8. The van der Waals surface area contributed by atoms with Gasteiger partial charge in [0.1, 0.15) is 11.7 Å². The van der Waals surface area contributed by atoms with Crippen molar-refractivity contribution in [3.05, 3.63) is 71.8 Å². The number of benzene rings is 1. The zero-order valence-corrected chi connectivity index (χ0v) is 22.8. The van der Waals surface area contributed by atoms with Crippen LogP contribution in [0.2, 0.25) is 0 Å². The van der Waals surface area contributed by atoms with Crippen LogP contribution in [0.1, 0.15) is 76.9 Å². The summed E-state index contributed by atoms with van der Waals surface area (Å²) >= 11 is 0. The summed E-state index contributed by atoms with van der Waals surface area (Å²) in [5, 5.41) is 11.8. The molecule has 5 heterocycles. The van der Waals surface area contributed by atoms with E-state index < -0.39 is 23.8 Å². The van der Waals surface area contributed by atoms with Crippen molar-refractivity contribution in [1.29, 1.82) is 0 Å². The van der Waals surface area contributed by atoms with Gasteiger partial charge in [-0.25, -0.2) is 4.98 Å². The lowest BCUT2D eigenvalue weighted by Crippen LogP contribution is -2.54. The molecule has 212 valence electrons. The number of nitrogens with zero attached hydrogens (tertiary/aromatic N) is 5. The van der Waals surface area contributed by atoms with Crippen LogP contribution in [0.15, 0.2) is 55.0 Å². The number of amides is 4. The van der Waals surface area contributed by atoms with Crippen molar-refractivity contribution >= 4 is 40.3 Å². The fourth-order valence-electron chi connectivity index (χ4n) is 6.50. The van der Waals surface area contributed by atoms with Crippen LogP contribution in [-0.2, 0) is 9.59 Å². The molecule has 4 aromatic rings. The molecule has 2 aliphatic heterocycles. The Kier molecular flexibility index (Phi) is 5.56. The van der Waals surface area contributed by atoms with Crippen LogP contribution in [0.5, 0.6) is 0 Å². The lowest BCUT2D eigenvalue weighted by Gasteiger charge is -2.35. The van der Waals surface area contributed by atoms with Crippen molar-refractivity contribution in [2.75, 3.05) is 11.9 Å². The van der Waals surface area contributed by atoms with E-state index in [2.05, 4.69) is 49.4 Å². The maximum Gasteiger partial charge on any atom is 0.262 e. The van der Waals surface area contributed by atoms with Gasteiger partial charge in [-0.1, -0.05) is 0 Å². The van der Waals surface area contributed by atoms with E-state index in [4.69, 9.17) is 5.10 Å². The lowest BCUT2D eigenvalue weighted by atomic mass is 9.80. The van der Waals surface area contributed by atoms with E-state index in [1.807, 2.05) is 12.3 Å². The Balaban J connectivity index is 0.928. The molecule has 3 aromatic heterocycles. The highest BCUT2D eigenvalue weighted by molar-refractivity contribution is 6.23. The molecule has 2 N–H and O–H groups in total. The minimum atomic E-state index is -0.964. The van der Waals surface area contributed by atoms with Crippen LogP contribution in [-0.4, -0.2) is 60.4 Å². The number of hydrogen-bond acceptors (Lipinski definition) is 7. The van der Waals surface area contributed by atoms with Crippen molar-refractivity contribution in [3.8, 4) is 5.69 Å². The summed E-state index contributed by atoms with van der Waals surface area (Å²) in [4.78, 5) is 55.5. The molecule has 4 amide bonds. The largest absolute Gasteiger partial charge is 0.385 e. The average Bonchev–Trinajstić information content (AvgIpc) is 3.50. The van der Waals surface area contributed by atoms with Crippen LogP contribution in [0, 0.1) is 5.92 Å². The molecule has 2 saturated carbocycles. The molecule has 4 aliphatic rings. The maximum absolute atomic E-state index is 13.1. The van der Waals surface area contributed by atoms with E-state index in [1.54, 1.807) is 18.2 Å². The molecule has 0 radical (unpaired) electrons. The van der Waals surface area contributed by atoms with Gasteiger partial charge in [-0.3, -0.25) is 38.6 Å². The quantitative estimate of drug-likeness (QED) is 0.329. The second-order valence-corrected chi connectivity index (χ2v) is 11.8. The molecule has 0 bridgehead atoms. The fourth-order valence-corrected chi connectivity index (χ4v) is 6.50. The second-order valence-electron chi connectivity index (χ2n) is 11.8. The molecule has 11 heteroatoms. The van der Waals surface area contributed by atoms with E-state index >= 15 is 0 Å². The molecule has 0 spiro atoms. The third-order valence-electron chi connectivity index (χ3n) is 9.03.